The molecule has 0 fully saturated rings. The fourth-order valence-electron chi connectivity index (χ4n) is 3.36. The van der Waals surface area contributed by atoms with Gasteiger partial charge in [0.15, 0.2) is 0 Å². The first-order chi connectivity index (χ1) is 16.9. The van der Waals surface area contributed by atoms with Gasteiger partial charge in [-0.2, -0.15) is 0 Å². The molecule has 1 heterocycles. The molecule has 35 heavy (non-hydrogen) atoms. The Bertz CT molecular complexity index is 1140. The van der Waals surface area contributed by atoms with Crippen molar-refractivity contribution in [3.05, 3.63) is 53.3 Å². The molecule has 2 aromatic carbocycles. The van der Waals surface area contributed by atoms with E-state index >= 15 is 0 Å². The van der Waals surface area contributed by atoms with Crippen LogP contribution in [0.25, 0.3) is 10.9 Å². The van der Waals surface area contributed by atoms with Gasteiger partial charge in [0.25, 0.3) is 0 Å². The van der Waals surface area contributed by atoms with Crippen molar-refractivity contribution < 1.29 is 13.8 Å². The molecule has 0 amide bonds. The number of fused-ring (bicyclic) bond motifs is 1. The molecule has 3 N–H and O–H groups in total. The van der Waals surface area contributed by atoms with E-state index in [2.05, 4.69) is 31.2 Å². The topological polar surface area (TPSA) is 103 Å². The summed E-state index contributed by atoms with van der Waals surface area (Å²) < 4.78 is 26.4. The van der Waals surface area contributed by atoms with Crippen molar-refractivity contribution in [2.45, 2.75) is 19.3 Å². The Labute approximate surface area is 224 Å². The van der Waals surface area contributed by atoms with Crippen molar-refractivity contribution in [2.75, 3.05) is 43.4 Å². The lowest BCUT2D eigenvalue weighted by molar-refractivity contribution is 0.251. The molecule has 0 bridgehead atoms. The van der Waals surface area contributed by atoms with Crippen molar-refractivity contribution >= 4 is 69.2 Å². The molecule has 1 unspecified atom stereocenters. The van der Waals surface area contributed by atoms with Crippen LogP contribution in [0.15, 0.2) is 53.3 Å². The number of rotatable bonds is 15. The number of ether oxygens (including phenoxy) is 1. The summed E-state index contributed by atoms with van der Waals surface area (Å²) in [6.07, 6.45) is 3.91. The van der Waals surface area contributed by atoms with Crippen LogP contribution >= 0.6 is 46.8 Å². The average molecular weight is 605 g/mol. The second-order valence-corrected chi connectivity index (χ2v) is 11.3. The van der Waals surface area contributed by atoms with Crippen LogP contribution in [0.3, 0.4) is 0 Å². The van der Waals surface area contributed by atoms with Crippen molar-refractivity contribution in [3.8, 4) is 5.75 Å². The molecule has 3 aromatic rings. The van der Waals surface area contributed by atoms with E-state index in [-0.39, 0.29) is 0 Å². The van der Waals surface area contributed by atoms with Crippen LogP contribution in [0.2, 0.25) is 0 Å². The lowest BCUT2D eigenvalue weighted by Gasteiger charge is -2.26. The Morgan fingerprint density at radius 2 is 1.80 bits per heavy atom. The number of unbranched alkanes of at least 4 members (excludes halogenated alkanes) is 2. The number of hydrogen-bond acceptors (Lipinski definition) is 6. The van der Waals surface area contributed by atoms with Crippen molar-refractivity contribution in [2.24, 2.45) is 5.50 Å². The summed E-state index contributed by atoms with van der Waals surface area (Å²) in [6.45, 7) is 1.57. The van der Waals surface area contributed by atoms with Gasteiger partial charge in [0.05, 0.1) is 18.7 Å². The third kappa shape index (κ3) is 8.86. The van der Waals surface area contributed by atoms with Gasteiger partial charge < -0.3 is 14.6 Å². The molecule has 1 aromatic heterocycles. The number of anilines is 2. The largest absolute Gasteiger partial charge is 0.494 e. The van der Waals surface area contributed by atoms with Crippen LogP contribution in [0.5, 0.6) is 5.75 Å². The Balaban J connectivity index is 1.47. The maximum Gasteiger partial charge on any atom is 0.340 e. The van der Waals surface area contributed by atoms with E-state index in [1.807, 2.05) is 42.5 Å². The Morgan fingerprint density at radius 3 is 2.54 bits per heavy atom. The van der Waals surface area contributed by atoms with Gasteiger partial charge in [-0.1, -0.05) is 22.0 Å². The van der Waals surface area contributed by atoms with Crippen LogP contribution in [0, 0.1) is 0 Å². The van der Waals surface area contributed by atoms with Crippen LogP contribution in [-0.2, 0) is 9.09 Å². The van der Waals surface area contributed by atoms with Gasteiger partial charge in [-0.15, -0.1) is 23.2 Å². The van der Waals surface area contributed by atoms with Crippen LogP contribution in [-0.4, -0.2) is 52.7 Å². The van der Waals surface area contributed by atoms with Crippen molar-refractivity contribution in [3.63, 3.8) is 0 Å². The van der Waals surface area contributed by atoms with Crippen LogP contribution in [0.4, 0.5) is 11.5 Å². The quantitative estimate of drug-likeness (QED) is 0.114. The first-order valence-corrected chi connectivity index (χ1v) is 14.7. The lowest BCUT2D eigenvalue weighted by atomic mass is 10.2. The third-order valence-electron chi connectivity index (χ3n) is 5.11. The molecule has 0 aliphatic heterocycles. The number of nitrogens with zero attached hydrogens (tertiary/aromatic N) is 3. The number of nitrogens with one attached hydrogen (secondary N) is 1. The number of benzene rings is 2. The van der Waals surface area contributed by atoms with E-state index in [0.29, 0.717) is 50.3 Å². The molecule has 8 nitrogen and oxygen atoms in total. The molecule has 1 atom stereocenters. The monoisotopic (exact) mass is 603 g/mol. The summed E-state index contributed by atoms with van der Waals surface area (Å²) in [4.78, 5) is 8.75. The predicted octanol–water partition coefficient (Wildman–Crippen LogP) is 6.55. The van der Waals surface area contributed by atoms with Crippen molar-refractivity contribution in [1.82, 2.24) is 14.6 Å². The smallest absolute Gasteiger partial charge is 0.340 e. The Kier molecular flexibility index (Phi) is 11.5. The Hall–Kier alpha value is -1.45. The molecule has 0 spiro atoms. The van der Waals surface area contributed by atoms with E-state index in [1.54, 1.807) is 0 Å². The second-order valence-electron chi connectivity index (χ2n) is 7.67. The van der Waals surface area contributed by atoms with Gasteiger partial charge in [-0.3, -0.25) is 4.57 Å². The van der Waals surface area contributed by atoms with Crippen molar-refractivity contribution in [1.29, 1.82) is 0 Å². The summed E-state index contributed by atoms with van der Waals surface area (Å²) in [6, 6.07) is 13.6. The zero-order valence-electron chi connectivity index (χ0n) is 19.2. The first kappa shape index (κ1) is 28.1. The molecule has 190 valence electrons. The number of nitrogens with two attached hydrogens (primary N) is 1. The summed E-state index contributed by atoms with van der Waals surface area (Å²) in [5.41, 5.74) is 7.61. The molecule has 0 aliphatic carbocycles. The highest BCUT2D eigenvalue weighted by Crippen LogP contribution is 2.42. The fourth-order valence-corrected chi connectivity index (χ4v) is 5.72. The number of alkyl halides is 2. The third-order valence-corrected chi connectivity index (χ3v) is 7.68. The van der Waals surface area contributed by atoms with E-state index < -0.39 is 7.67 Å². The molecule has 0 radical (unpaired) electrons. The predicted molar refractivity (Wildman–Crippen MR) is 147 cm³/mol. The number of halogens is 3. The summed E-state index contributed by atoms with van der Waals surface area (Å²) in [7, 11) is -3.38. The maximum absolute atomic E-state index is 12.6. The second kappa shape index (κ2) is 14.3. The summed E-state index contributed by atoms with van der Waals surface area (Å²) >= 11 is 15.0. The van der Waals surface area contributed by atoms with Crippen LogP contribution in [0.1, 0.15) is 19.3 Å². The standard InChI is InChI=1S/C23H29BrCl2N5O3P/c24-18-5-4-6-19(15-18)30-23-21-16-20(7-8-22(21)28-17-29-23)33-13-2-1-3-14-34-35(27,32)31(11-9-25)12-10-26/h4-8,15-17H,1-3,9-14H2,(H2,27,32)(H,28,29,30). The maximum atomic E-state index is 12.6. The Morgan fingerprint density at radius 1 is 1.03 bits per heavy atom. The van der Waals surface area contributed by atoms with E-state index in [0.717, 1.165) is 39.7 Å². The zero-order chi connectivity index (χ0) is 25.1. The minimum Gasteiger partial charge on any atom is -0.494 e. The lowest BCUT2D eigenvalue weighted by Crippen LogP contribution is -2.29. The van der Waals surface area contributed by atoms with Gasteiger partial charge in [-0.05, 0) is 55.7 Å². The van der Waals surface area contributed by atoms with Crippen LogP contribution < -0.4 is 15.6 Å². The molecule has 0 saturated carbocycles. The van der Waals surface area contributed by atoms with Gasteiger partial charge in [0.2, 0.25) is 0 Å². The molecule has 0 aliphatic rings. The number of hydrogen-bond donors (Lipinski definition) is 2. The SMILES string of the molecule is NP(=O)(OCCCCCOc1ccc2ncnc(Nc3cccc(Br)c3)c2c1)N(CCCl)CCCl. The highest BCUT2D eigenvalue weighted by atomic mass is 79.9. The van der Waals surface area contributed by atoms with E-state index in [1.165, 1.54) is 11.0 Å². The summed E-state index contributed by atoms with van der Waals surface area (Å²) in [5.74, 6) is 2.06. The first-order valence-electron chi connectivity index (χ1n) is 11.2. The molecule has 3 rings (SSSR count). The molecule has 12 heteroatoms. The highest BCUT2D eigenvalue weighted by Gasteiger charge is 2.26. The summed E-state index contributed by atoms with van der Waals surface area (Å²) in [5, 5.41) is 4.21. The van der Waals surface area contributed by atoms with E-state index in [4.69, 9.17) is 38.0 Å². The molecule has 0 saturated heterocycles. The minimum atomic E-state index is -3.38. The van der Waals surface area contributed by atoms with Gasteiger partial charge in [0, 0.05) is 40.4 Å². The van der Waals surface area contributed by atoms with Gasteiger partial charge in [-0.25, -0.2) is 20.1 Å². The highest BCUT2D eigenvalue weighted by molar-refractivity contribution is 9.10. The normalized spacial score (nSPS) is 13.2. The fraction of sp³-hybridized carbons (Fsp3) is 0.391. The molecular formula is C23H29BrCl2N5O3P. The zero-order valence-corrected chi connectivity index (χ0v) is 23.2. The van der Waals surface area contributed by atoms with E-state index in [9.17, 15) is 4.57 Å². The number of aromatic nitrogens is 2. The average Bonchev–Trinajstić information content (AvgIpc) is 2.83. The minimum absolute atomic E-state index is 0.298. The van der Waals surface area contributed by atoms with Gasteiger partial charge >= 0.3 is 7.67 Å². The van der Waals surface area contributed by atoms with Gasteiger partial charge in [0.1, 0.15) is 17.9 Å². The molecular weight excluding hydrogens is 576 g/mol.